The number of nitrogens with zero attached hydrogens (tertiary/aromatic N) is 5. The largest absolute Gasteiger partial charge is 0.573 e. The number of carbonyl (C=O) groups is 1. The maximum atomic E-state index is 12.7. The zero-order valence-electron chi connectivity index (χ0n) is 23.5. The number of aliphatic imine (C=N–C) groups is 1. The number of amidine groups is 1. The van der Waals surface area contributed by atoms with Crippen molar-refractivity contribution in [2.45, 2.75) is 25.5 Å². The number of ether oxygens (including phenoxy) is 2. The Labute approximate surface area is 270 Å². The molecular formula is C28H21ClF6N6O5S. The third-order valence-corrected chi connectivity index (χ3v) is 7.19. The molecule has 1 amide bonds. The second-order valence-corrected chi connectivity index (χ2v) is 10.9. The minimum absolute atomic E-state index is 0.0281. The van der Waals surface area contributed by atoms with Gasteiger partial charge < -0.3 is 14.6 Å². The van der Waals surface area contributed by atoms with Crippen LogP contribution >= 0.6 is 23.4 Å². The number of alkyl halides is 6. The van der Waals surface area contributed by atoms with E-state index in [1.54, 1.807) is 24.3 Å². The average Bonchev–Trinajstić information content (AvgIpc) is 3.63. The first-order valence-corrected chi connectivity index (χ1v) is 14.6. The Bertz CT molecular complexity index is 1740. The number of benzene rings is 3. The number of halogens is 7. The van der Waals surface area contributed by atoms with Gasteiger partial charge in [0, 0.05) is 10.6 Å². The first kappa shape index (κ1) is 34.0. The molecule has 1 atom stereocenters. The third kappa shape index (κ3) is 9.35. The molecule has 47 heavy (non-hydrogen) atoms. The van der Waals surface area contributed by atoms with Crippen molar-refractivity contribution in [2.75, 3.05) is 17.3 Å². The molecule has 1 saturated heterocycles. The fourth-order valence-corrected chi connectivity index (χ4v) is 5.09. The van der Waals surface area contributed by atoms with E-state index in [1.807, 2.05) is 0 Å². The van der Waals surface area contributed by atoms with Crippen molar-refractivity contribution in [2.24, 2.45) is 4.99 Å². The second-order valence-electron chi connectivity index (χ2n) is 9.48. The van der Waals surface area contributed by atoms with Crippen LogP contribution in [-0.4, -0.2) is 62.2 Å². The molecular weight excluding hydrogens is 682 g/mol. The Morgan fingerprint density at radius 3 is 2.45 bits per heavy atom. The number of carbonyl (C=O) groups excluding carboxylic acids is 1. The van der Waals surface area contributed by atoms with Crippen LogP contribution < -0.4 is 19.9 Å². The Hall–Kier alpha value is -4.36. The Morgan fingerprint density at radius 2 is 1.77 bits per heavy atom. The summed E-state index contributed by atoms with van der Waals surface area (Å²) in [7, 11) is 0. The number of aliphatic hydroxyl groups excluding tert-OH is 1. The predicted molar refractivity (Wildman–Crippen MR) is 158 cm³/mol. The van der Waals surface area contributed by atoms with E-state index in [0.29, 0.717) is 22.6 Å². The quantitative estimate of drug-likeness (QED) is 0.112. The van der Waals surface area contributed by atoms with Gasteiger partial charge in [0.05, 0.1) is 23.7 Å². The minimum atomic E-state index is -4.80. The Morgan fingerprint density at radius 1 is 1.04 bits per heavy atom. The monoisotopic (exact) mass is 702 g/mol. The molecule has 0 radical (unpaired) electrons. The van der Waals surface area contributed by atoms with Crippen molar-refractivity contribution in [3.63, 3.8) is 0 Å². The molecule has 1 aliphatic heterocycles. The number of rotatable bonds is 11. The van der Waals surface area contributed by atoms with Gasteiger partial charge >= 0.3 is 12.5 Å². The van der Waals surface area contributed by atoms with E-state index in [2.05, 4.69) is 25.3 Å². The van der Waals surface area contributed by atoms with Gasteiger partial charge in [0.1, 0.15) is 17.8 Å². The highest BCUT2D eigenvalue weighted by molar-refractivity contribution is 8.15. The number of aliphatic hydroxyl groups is 1. The van der Waals surface area contributed by atoms with E-state index < -0.39 is 31.4 Å². The van der Waals surface area contributed by atoms with Crippen molar-refractivity contribution in [1.82, 2.24) is 20.2 Å². The fraction of sp³-hybridized carbons (Fsp3) is 0.214. The van der Waals surface area contributed by atoms with Gasteiger partial charge in [-0.25, -0.2) is 14.7 Å². The molecule has 1 aliphatic rings. The molecule has 1 fully saturated rings. The lowest BCUT2D eigenvalue weighted by Crippen LogP contribution is -2.34. The van der Waals surface area contributed by atoms with E-state index >= 15 is 0 Å². The van der Waals surface area contributed by atoms with Crippen LogP contribution in [0.4, 0.5) is 32.0 Å². The average molecular weight is 703 g/mol. The molecule has 1 unspecified atom stereocenters. The molecule has 248 valence electrons. The molecule has 19 heteroatoms. The zero-order valence-corrected chi connectivity index (χ0v) is 25.1. The second kappa shape index (κ2) is 14.2. The van der Waals surface area contributed by atoms with Gasteiger partial charge in [0.15, 0.2) is 17.6 Å². The normalized spacial score (nSPS) is 15.4. The number of hydrogen-bond donors (Lipinski definition) is 2. The Kier molecular flexibility index (Phi) is 10.3. The van der Waals surface area contributed by atoms with Crippen molar-refractivity contribution in [3.05, 3.63) is 83.6 Å². The summed E-state index contributed by atoms with van der Waals surface area (Å²) in [6.07, 6.45) is -9.68. The molecule has 2 heterocycles. The summed E-state index contributed by atoms with van der Waals surface area (Å²) in [6, 6.07) is 15.7. The number of nitrogens with one attached hydrogen (secondary N) is 1. The van der Waals surface area contributed by atoms with Gasteiger partial charge in [-0.1, -0.05) is 47.6 Å². The van der Waals surface area contributed by atoms with Crippen LogP contribution in [0.3, 0.4) is 0 Å². The molecule has 0 spiro atoms. The molecule has 4 aromatic rings. The van der Waals surface area contributed by atoms with Crippen LogP contribution in [0.5, 0.6) is 11.5 Å². The predicted octanol–water partition coefficient (Wildman–Crippen LogP) is 5.86. The van der Waals surface area contributed by atoms with Crippen LogP contribution in [0.15, 0.2) is 78.0 Å². The number of thioether (sulfide) groups is 1. The maximum Gasteiger partial charge on any atom is 0.573 e. The van der Waals surface area contributed by atoms with Crippen LogP contribution in [-0.2, 0) is 16.2 Å². The molecule has 0 bridgehead atoms. The number of amides is 1. The maximum absolute atomic E-state index is 12.7. The summed E-state index contributed by atoms with van der Waals surface area (Å²) in [5.74, 6) is -0.896. The zero-order chi connectivity index (χ0) is 33.8. The first-order valence-electron chi connectivity index (χ1n) is 13.2. The number of anilines is 1. The van der Waals surface area contributed by atoms with E-state index in [9.17, 15) is 36.2 Å². The SMILES string of the molecule is O=C1CS/C(=N\C(O)NOCc2ccc(-c3ncn(-c4ccc(OC(F)(F)F)cc4)n3)cc2)N1c1cc(Cl)ccc1OCC(F)(F)F. The van der Waals surface area contributed by atoms with Gasteiger partial charge in [0.2, 0.25) is 12.3 Å². The first-order chi connectivity index (χ1) is 22.2. The van der Waals surface area contributed by atoms with Gasteiger partial charge in [0.25, 0.3) is 0 Å². The van der Waals surface area contributed by atoms with Crippen LogP contribution in [0.2, 0.25) is 5.02 Å². The van der Waals surface area contributed by atoms with Crippen molar-refractivity contribution in [1.29, 1.82) is 0 Å². The van der Waals surface area contributed by atoms with Crippen LogP contribution in [0.25, 0.3) is 17.1 Å². The van der Waals surface area contributed by atoms with Gasteiger partial charge in [-0.05, 0) is 48.0 Å². The van der Waals surface area contributed by atoms with Crippen molar-refractivity contribution in [3.8, 4) is 28.6 Å². The van der Waals surface area contributed by atoms with Gasteiger partial charge in [-0.15, -0.1) is 18.3 Å². The van der Waals surface area contributed by atoms with E-state index in [4.69, 9.17) is 21.2 Å². The van der Waals surface area contributed by atoms with Gasteiger partial charge in [-0.2, -0.15) is 18.7 Å². The summed E-state index contributed by atoms with van der Waals surface area (Å²) < 4.78 is 85.5. The minimum Gasteiger partial charge on any atom is -0.482 e. The summed E-state index contributed by atoms with van der Waals surface area (Å²) in [6.45, 7) is -1.63. The molecule has 2 N–H and O–H groups in total. The van der Waals surface area contributed by atoms with Crippen molar-refractivity contribution >= 4 is 40.1 Å². The van der Waals surface area contributed by atoms with Crippen molar-refractivity contribution < 1.29 is 50.6 Å². The van der Waals surface area contributed by atoms with E-state index in [1.165, 1.54) is 41.3 Å². The smallest absolute Gasteiger partial charge is 0.482 e. The van der Waals surface area contributed by atoms with Gasteiger partial charge in [-0.3, -0.25) is 14.5 Å². The molecule has 3 aromatic carbocycles. The van der Waals surface area contributed by atoms with E-state index in [0.717, 1.165) is 28.8 Å². The topological polar surface area (TPSA) is 123 Å². The lowest BCUT2D eigenvalue weighted by molar-refractivity contribution is -0.274. The molecule has 5 rings (SSSR count). The van der Waals surface area contributed by atoms with E-state index in [-0.39, 0.29) is 39.7 Å². The highest BCUT2D eigenvalue weighted by atomic mass is 35.5. The highest BCUT2D eigenvalue weighted by Gasteiger charge is 2.34. The summed E-state index contributed by atoms with van der Waals surface area (Å²) in [4.78, 5) is 27.2. The molecule has 1 aromatic heterocycles. The number of hydroxylamine groups is 1. The summed E-state index contributed by atoms with van der Waals surface area (Å²) in [5, 5.41) is 14.8. The summed E-state index contributed by atoms with van der Waals surface area (Å²) in [5.41, 5.74) is 4.00. The fourth-order valence-electron chi connectivity index (χ4n) is 4.04. The lowest BCUT2D eigenvalue weighted by atomic mass is 10.1. The summed E-state index contributed by atoms with van der Waals surface area (Å²) >= 11 is 6.96. The van der Waals surface area contributed by atoms with Crippen LogP contribution in [0.1, 0.15) is 5.56 Å². The molecule has 0 saturated carbocycles. The number of hydrogen-bond acceptors (Lipinski definition) is 10. The van der Waals surface area contributed by atoms with Crippen LogP contribution in [0, 0.1) is 0 Å². The lowest BCUT2D eigenvalue weighted by Gasteiger charge is -2.21. The molecule has 0 aliphatic carbocycles. The standard InChI is InChI=1S/C28H21ClF6N6O5S/c29-18-5-10-22(44-14-27(30,31)32)21(11-18)41-23(42)13-47-26(41)37-25(43)39-45-12-16-1-3-17(4-2-16)24-36-15-40(38-24)19-6-8-20(9-7-19)46-28(33,34)35/h1-11,15,25,39,43H,12-14H2/b37-26-. The third-order valence-electron chi connectivity index (χ3n) is 6.02. The highest BCUT2D eigenvalue weighted by Crippen LogP contribution is 2.37. The number of aromatic nitrogens is 3. The molecule has 11 nitrogen and oxygen atoms in total. The Balaban J connectivity index is 1.17.